The van der Waals surface area contributed by atoms with Crippen molar-refractivity contribution in [2.75, 3.05) is 18.9 Å². The van der Waals surface area contributed by atoms with E-state index in [-0.39, 0.29) is 0 Å². The molecule has 1 saturated heterocycles. The average Bonchev–Trinajstić information content (AvgIpc) is 2.75. The highest BCUT2D eigenvalue weighted by Crippen LogP contribution is 2.43. The van der Waals surface area contributed by atoms with Crippen molar-refractivity contribution in [3.63, 3.8) is 0 Å². The largest absolute Gasteiger partial charge is 0.497 e. The van der Waals surface area contributed by atoms with Crippen LogP contribution in [0.1, 0.15) is 39.5 Å². The molecule has 2 unspecified atom stereocenters. The van der Waals surface area contributed by atoms with Crippen molar-refractivity contribution in [1.29, 1.82) is 0 Å². The fourth-order valence-corrected chi connectivity index (χ4v) is 4.04. The monoisotopic (exact) mass is 241 g/mol. The summed E-state index contributed by atoms with van der Waals surface area (Å²) in [5, 5.41) is 3.62. The van der Waals surface area contributed by atoms with Crippen molar-refractivity contribution in [1.82, 2.24) is 5.32 Å². The van der Waals surface area contributed by atoms with Gasteiger partial charge in [-0.25, -0.2) is 0 Å². The van der Waals surface area contributed by atoms with Gasteiger partial charge in [0.25, 0.3) is 0 Å². The van der Waals surface area contributed by atoms with Crippen LogP contribution in [0.2, 0.25) is 0 Å². The summed E-state index contributed by atoms with van der Waals surface area (Å²) in [6, 6.07) is 0.408. The predicted molar refractivity (Wildman–Crippen MR) is 70.8 cm³/mol. The number of likely N-dealkylation sites (N-methyl/N-ethyl adjacent to an activating group) is 1. The minimum Gasteiger partial charge on any atom is -0.497 e. The van der Waals surface area contributed by atoms with Gasteiger partial charge in [-0.15, -0.1) is 0 Å². The van der Waals surface area contributed by atoms with Gasteiger partial charge in [0.2, 0.25) is 0 Å². The molecule has 0 amide bonds. The molecule has 0 aromatic carbocycles. The molecular weight excluding hydrogens is 218 g/mol. The maximum absolute atomic E-state index is 5.86. The van der Waals surface area contributed by atoms with Gasteiger partial charge in [0.05, 0.1) is 12.6 Å². The van der Waals surface area contributed by atoms with Crippen molar-refractivity contribution in [2.24, 2.45) is 0 Å². The molecule has 16 heavy (non-hydrogen) atoms. The molecule has 1 N–H and O–H groups in total. The fourth-order valence-electron chi connectivity index (χ4n) is 2.63. The Balaban J connectivity index is 2.12. The van der Waals surface area contributed by atoms with E-state index in [1.807, 2.05) is 0 Å². The topological polar surface area (TPSA) is 21.3 Å². The van der Waals surface area contributed by atoms with Crippen LogP contribution in [0, 0.1) is 0 Å². The van der Waals surface area contributed by atoms with Gasteiger partial charge in [-0.1, -0.05) is 6.92 Å². The first-order valence-corrected chi connectivity index (χ1v) is 7.45. The molecule has 0 aromatic rings. The van der Waals surface area contributed by atoms with Crippen LogP contribution in [0.25, 0.3) is 0 Å². The maximum Gasteiger partial charge on any atom is 0.110 e. The Morgan fingerprint density at radius 2 is 2.44 bits per heavy atom. The van der Waals surface area contributed by atoms with Gasteiger partial charge < -0.3 is 10.1 Å². The fraction of sp³-hybridized carbons (Fsp3) is 0.846. The van der Waals surface area contributed by atoms with E-state index >= 15 is 0 Å². The summed E-state index contributed by atoms with van der Waals surface area (Å²) in [6.45, 7) is 6.48. The Morgan fingerprint density at radius 3 is 3.00 bits per heavy atom. The summed E-state index contributed by atoms with van der Waals surface area (Å²) in [7, 11) is 0. The second-order valence-electron chi connectivity index (χ2n) is 4.85. The molecule has 2 heterocycles. The lowest BCUT2D eigenvalue weighted by Crippen LogP contribution is -2.47. The SMILES string of the molecule is CCNC(C1=CCCCO1)C1(C)CCCS1. The lowest BCUT2D eigenvalue weighted by atomic mass is 9.93. The quantitative estimate of drug-likeness (QED) is 0.817. The Kier molecular flexibility index (Phi) is 4.20. The molecule has 0 radical (unpaired) electrons. The Labute approximate surface area is 103 Å². The number of thioether (sulfide) groups is 1. The van der Waals surface area contributed by atoms with E-state index in [2.05, 4.69) is 37.0 Å². The Bertz CT molecular complexity index is 259. The van der Waals surface area contributed by atoms with Crippen LogP contribution in [0.5, 0.6) is 0 Å². The molecule has 1 fully saturated rings. The van der Waals surface area contributed by atoms with Crippen LogP contribution >= 0.6 is 11.8 Å². The summed E-state index contributed by atoms with van der Waals surface area (Å²) in [6.07, 6.45) is 7.29. The van der Waals surface area contributed by atoms with Crippen LogP contribution in [0.4, 0.5) is 0 Å². The number of nitrogens with one attached hydrogen (secondary N) is 1. The van der Waals surface area contributed by atoms with Gasteiger partial charge in [-0.3, -0.25) is 0 Å². The predicted octanol–water partition coefficient (Wildman–Crippen LogP) is 2.94. The Morgan fingerprint density at radius 1 is 1.56 bits per heavy atom. The number of rotatable bonds is 4. The average molecular weight is 241 g/mol. The standard InChI is InChI=1S/C13H23NOS/c1-3-14-12(11-7-4-5-9-15-11)13(2)8-6-10-16-13/h7,12,14H,3-6,8-10H2,1-2H3. The van der Waals surface area contributed by atoms with Crippen molar-refractivity contribution < 1.29 is 4.74 Å². The molecule has 2 aliphatic rings. The summed E-state index contributed by atoms with van der Waals surface area (Å²) in [5.41, 5.74) is 0. The first-order valence-electron chi connectivity index (χ1n) is 6.46. The third kappa shape index (κ3) is 2.57. The van der Waals surface area contributed by atoms with E-state index in [4.69, 9.17) is 4.74 Å². The van der Waals surface area contributed by atoms with E-state index in [0.717, 1.165) is 13.2 Å². The highest BCUT2D eigenvalue weighted by atomic mass is 32.2. The number of hydrogen-bond donors (Lipinski definition) is 1. The van der Waals surface area contributed by atoms with Crippen LogP contribution in [0.15, 0.2) is 11.8 Å². The molecule has 0 bridgehead atoms. The zero-order valence-corrected chi connectivity index (χ0v) is 11.2. The van der Waals surface area contributed by atoms with E-state index < -0.39 is 0 Å². The second-order valence-corrected chi connectivity index (χ2v) is 6.48. The number of allylic oxidation sites excluding steroid dienone is 1. The molecule has 0 spiro atoms. The molecule has 3 heteroatoms. The first-order chi connectivity index (χ1) is 7.76. The van der Waals surface area contributed by atoms with Gasteiger partial charge in [-0.2, -0.15) is 11.8 Å². The minimum absolute atomic E-state index is 0.333. The highest BCUT2D eigenvalue weighted by molar-refractivity contribution is 8.00. The van der Waals surface area contributed by atoms with E-state index in [1.54, 1.807) is 0 Å². The van der Waals surface area contributed by atoms with Crippen LogP contribution < -0.4 is 5.32 Å². The first kappa shape index (κ1) is 12.3. The summed E-state index contributed by atoms with van der Waals surface area (Å²) in [5.74, 6) is 2.50. The molecule has 0 aromatic heterocycles. The van der Waals surface area contributed by atoms with Gasteiger partial charge in [0.15, 0.2) is 0 Å². The zero-order valence-electron chi connectivity index (χ0n) is 10.4. The summed E-state index contributed by atoms with van der Waals surface area (Å²) < 4.78 is 6.19. The van der Waals surface area contributed by atoms with Crippen LogP contribution in [-0.2, 0) is 4.74 Å². The van der Waals surface area contributed by atoms with Crippen molar-refractivity contribution in [2.45, 2.75) is 50.3 Å². The number of hydrogen-bond acceptors (Lipinski definition) is 3. The van der Waals surface area contributed by atoms with Crippen LogP contribution in [0.3, 0.4) is 0 Å². The third-order valence-corrected chi connectivity index (χ3v) is 5.11. The number of ether oxygens (including phenoxy) is 1. The molecule has 2 rings (SSSR count). The van der Waals surface area contributed by atoms with Crippen LogP contribution in [-0.4, -0.2) is 29.7 Å². The van der Waals surface area contributed by atoms with Gasteiger partial charge in [0, 0.05) is 4.75 Å². The molecule has 92 valence electrons. The molecule has 0 aliphatic carbocycles. The molecular formula is C13H23NOS. The van der Waals surface area contributed by atoms with E-state index in [1.165, 1.54) is 37.2 Å². The van der Waals surface area contributed by atoms with Crippen molar-refractivity contribution >= 4 is 11.8 Å². The molecule has 2 aliphatic heterocycles. The smallest absolute Gasteiger partial charge is 0.110 e. The molecule has 2 nitrogen and oxygen atoms in total. The van der Waals surface area contributed by atoms with Crippen molar-refractivity contribution in [3.05, 3.63) is 11.8 Å². The molecule has 2 atom stereocenters. The lowest BCUT2D eigenvalue weighted by Gasteiger charge is -2.36. The maximum atomic E-state index is 5.86. The zero-order chi connectivity index (χ0) is 11.4. The second kappa shape index (κ2) is 5.46. The summed E-state index contributed by atoms with van der Waals surface area (Å²) >= 11 is 2.10. The Hall–Kier alpha value is -0.150. The minimum atomic E-state index is 0.333. The van der Waals surface area contributed by atoms with Gasteiger partial charge in [-0.05, 0) is 51.0 Å². The lowest BCUT2D eigenvalue weighted by molar-refractivity contribution is 0.158. The normalized spacial score (nSPS) is 32.0. The highest BCUT2D eigenvalue weighted by Gasteiger charge is 2.40. The summed E-state index contributed by atoms with van der Waals surface area (Å²) in [4.78, 5) is 0. The van der Waals surface area contributed by atoms with E-state index in [0.29, 0.717) is 10.8 Å². The van der Waals surface area contributed by atoms with Crippen molar-refractivity contribution in [3.8, 4) is 0 Å². The van der Waals surface area contributed by atoms with Gasteiger partial charge >= 0.3 is 0 Å². The van der Waals surface area contributed by atoms with E-state index in [9.17, 15) is 0 Å². The molecule has 0 saturated carbocycles. The third-order valence-electron chi connectivity index (χ3n) is 3.52. The van der Waals surface area contributed by atoms with Gasteiger partial charge in [0.1, 0.15) is 5.76 Å².